The number of hydrogen-bond acceptors (Lipinski definition) is 4. The molecule has 2 atom stereocenters. The van der Waals surface area contributed by atoms with Gasteiger partial charge in [0.2, 0.25) is 0 Å². The molecule has 0 radical (unpaired) electrons. The highest BCUT2D eigenvalue weighted by Crippen LogP contribution is 2.35. The molecule has 0 spiro atoms. The maximum Gasteiger partial charge on any atom is 0.306 e. The number of nitrogens with zero attached hydrogens (tertiary/aromatic N) is 1. The molecule has 0 bridgehead atoms. The second-order valence-corrected chi connectivity index (χ2v) is 11.3. The average molecular weight is 540 g/mol. The maximum absolute atomic E-state index is 12.9. The van der Waals surface area contributed by atoms with E-state index in [0.717, 1.165) is 62.2 Å². The van der Waals surface area contributed by atoms with E-state index in [1.54, 1.807) is 0 Å². The van der Waals surface area contributed by atoms with E-state index >= 15 is 0 Å². The number of esters is 1. The average Bonchev–Trinajstić information content (AvgIpc) is 3.43. The molecule has 2 rings (SSSR count). The summed E-state index contributed by atoms with van der Waals surface area (Å²) in [7, 11) is 0. The molecule has 0 amide bonds. The molecular weight excluding hydrogens is 482 g/mol. The Kier molecular flexibility index (Phi) is 17.6. The highest BCUT2D eigenvalue weighted by atomic mass is 16.5. The second-order valence-electron chi connectivity index (χ2n) is 11.3. The van der Waals surface area contributed by atoms with Crippen molar-refractivity contribution < 1.29 is 14.3 Å². The fourth-order valence-electron chi connectivity index (χ4n) is 5.68. The first-order valence-electron chi connectivity index (χ1n) is 16.2. The van der Waals surface area contributed by atoms with Crippen molar-refractivity contribution in [3.8, 4) is 0 Å². The highest BCUT2D eigenvalue weighted by Gasteiger charge is 2.32. The van der Waals surface area contributed by atoms with E-state index in [1.807, 2.05) is 19.1 Å². The first-order valence-corrected chi connectivity index (χ1v) is 16.2. The van der Waals surface area contributed by atoms with Gasteiger partial charge in [-0.1, -0.05) is 116 Å². The minimum Gasteiger partial charge on any atom is -0.492 e. The van der Waals surface area contributed by atoms with Gasteiger partial charge in [0.1, 0.15) is 17.6 Å². The molecule has 1 aliphatic heterocycles. The number of allylic oxidation sites excluding steroid dienone is 3. The van der Waals surface area contributed by atoms with Gasteiger partial charge in [-0.3, -0.25) is 9.79 Å². The van der Waals surface area contributed by atoms with E-state index in [-0.39, 0.29) is 18.0 Å². The van der Waals surface area contributed by atoms with Crippen molar-refractivity contribution in [3.05, 3.63) is 47.8 Å². The number of rotatable bonds is 22. The van der Waals surface area contributed by atoms with Crippen molar-refractivity contribution in [2.24, 2.45) is 10.9 Å². The van der Waals surface area contributed by atoms with Crippen molar-refractivity contribution in [1.29, 1.82) is 0 Å². The minimum atomic E-state index is -0.254. The molecule has 4 nitrogen and oxygen atoms in total. The molecule has 1 aliphatic carbocycles. The zero-order valence-corrected chi connectivity index (χ0v) is 25.5. The first-order chi connectivity index (χ1) is 19.1. The van der Waals surface area contributed by atoms with Crippen LogP contribution in [-0.2, 0) is 14.3 Å². The van der Waals surface area contributed by atoms with Gasteiger partial charge in [0.05, 0.1) is 13.2 Å². The number of carbonyl (C=O) groups is 1. The van der Waals surface area contributed by atoms with Crippen LogP contribution in [0.3, 0.4) is 0 Å². The molecule has 4 heteroatoms. The third-order valence-electron chi connectivity index (χ3n) is 8.05. The molecule has 39 heavy (non-hydrogen) atoms. The summed E-state index contributed by atoms with van der Waals surface area (Å²) in [5.41, 5.74) is 3.25. The Morgan fingerprint density at radius 1 is 0.974 bits per heavy atom. The van der Waals surface area contributed by atoms with Gasteiger partial charge in [-0.15, -0.1) is 0 Å². The van der Waals surface area contributed by atoms with Crippen LogP contribution < -0.4 is 0 Å². The van der Waals surface area contributed by atoms with E-state index < -0.39 is 0 Å². The summed E-state index contributed by atoms with van der Waals surface area (Å²) in [5, 5.41) is 0. The van der Waals surface area contributed by atoms with Gasteiger partial charge in [-0.25, -0.2) is 0 Å². The van der Waals surface area contributed by atoms with E-state index in [1.165, 1.54) is 76.2 Å². The molecular formula is C35H57NO3. The molecule has 0 aromatic heterocycles. The summed E-state index contributed by atoms with van der Waals surface area (Å²) in [6, 6.07) is 0. The Hall–Kier alpha value is -2.10. The van der Waals surface area contributed by atoms with E-state index in [4.69, 9.17) is 14.5 Å². The molecule has 2 aliphatic rings. The van der Waals surface area contributed by atoms with Gasteiger partial charge in [-0.05, 0) is 56.3 Å². The minimum absolute atomic E-state index is 0.0777. The largest absolute Gasteiger partial charge is 0.492 e. The van der Waals surface area contributed by atoms with Gasteiger partial charge >= 0.3 is 5.97 Å². The van der Waals surface area contributed by atoms with Crippen LogP contribution in [0.2, 0.25) is 0 Å². The van der Waals surface area contributed by atoms with Crippen molar-refractivity contribution in [1.82, 2.24) is 0 Å². The summed E-state index contributed by atoms with van der Waals surface area (Å²) in [6.45, 7) is 12.0. The van der Waals surface area contributed by atoms with Crippen LogP contribution >= 0.6 is 0 Å². The van der Waals surface area contributed by atoms with Crippen LogP contribution in [0.25, 0.3) is 0 Å². The number of aliphatic imine (C=N–C) groups is 1. The van der Waals surface area contributed by atoms with Crippen molar-refractivity contribution in [2.75, 3.05) is 13.2 Å². The predicted octanol–water partition coefficient (Wildman–Crippen LogP) is 10.0. The summed E-state index contributed by atoms with van der Waals surface area (Å²) in [5.74, 6) is 1.08. The molecule has 220 valence electrons. The lowest BCUT2D eigenvalue weighted by Gasteiger charge is -2.31. The van der Waals surface area contributed by atoms with Crippen LogP contribution in [-0.4, -0.2) is 30.9 Å². The van der Waals surface area contributed by atoms with Crippen molar-refractivity contribution in [3.63, 3.8) is 0 Å². The SMILES string of the molecule is C=C/C(=C\C)C(OC(=O)CCCCCCCCCCCC)C1CCC=C(C2=NCC=C2OCCCCCC)C1. The molecule has 0 N–H and O–H groups in total. The zero-order valence-electron chi connectivity index (χ0n) is 25.5. The van der Waals surface area contributed by atoms with Crippen LogP contribution in [0.1, 0.15) is 136 Å². The second kappa shape index (κ2) is 20.8. The van der Waals surface area contributed by atoms with Crippen LogP contribution in [0, 0.1) is 5.92 Å². The third-order valence-corrected chi connectivity index (χ3v) is 8.05. The molecule has 2 unspecified atom stereocenters. The fourth-order valence-corrected chi connectivity index (χ4v) is 5.68. The number of carbonyl (C=O) groups excluding carboxylic acids is 1. The Morgan fingerprint density at radius 2 is 1.62 bits per heavy atom. The van der Waals surface area contributed by atoms with Crippen LogP contribution in [0.5, 0.6) is 0 Å². The third kappa shape index (κ3) is 12.7. The van der Waals surface area contributed by atoms with Gasteiger partial charge in [0.15, 0.2) is 0 Å². The summed E-state index contributed by atoms with van der Waals surface area (Å²) >= 11 is 0. The van der Waals surface area contributed by atoms with Gasteiger partial charge in [-0.2, -0.15) is 0 Å². The molecule has 1 heterocycles. The van der Waals surface area contributed by atoms with Crippen LogP contribution in [0.15, 0.2) is 52.8 Å². The lowest BCUT2D eigenvalue weighted by molar-refractivity contribution is -0.149. The predicted molar refractivity (Wildman–Crippen MR) is 166 cm³/mol. The molecule has 0 saturated carbocycles. The zero-order chi connectivity index (χ0) is 28.1. The Labute approximate surface area is 240 Å². The summed E-state index contributed by atoms with van der Waals surface area (Å²) in [4.78, 5) is 17.7. The number of unbranched alkanes of at least 4 members (excludes halogenated alkanes) is 12. The highest BCUT2D eigenvalue weighted by molar-refractivity contribution is 6.12. The van der Waals surface area contributed by atoms with E-state index in [0.29, 0.717) is 13.0 Å². The number of hydrogen-bond donors (Lipinski definition) is 0. The number of ether oxygens (including phenoxy) is 2. The van der Waals surface area contributed by atoms with Crippen molar-refractivity contribution >= 4 is 11.7 Å². The van der Waals surface area contributed by atoms with Gasteiger partial charge in [0, 0.05) is 12.3 Å². The van der Waals surface area contributed by atoms with Crippen molar-refractivity contribution in [2.45, 2.75) is 142 Å². The fraction of sp³-hybridized carbons (Fsp3) is 0.714. The molecule has 0 fully saturated rings. The Balaban J connectivity index is 1.82. The lowest BCUT2D eigenvalue weighted by Crippen LogP contribution is -2.31. The molecule has 0 aromatic rings. The normalized spacial score (nSPS) is 18.3. The quantitative estimate of drug-likeness (QED) is 0.0781. The topological polar surface area (TPSA) is 47.9 Å². The summed E-state index contributed by atoms with van der Waals surface area (Å²) in [6.07, 6.45) is 28.7. The standard InChI is InChI=1S/C35H57NO3/c1-5-9-11-13-14-15-16-17-18-19-24-33(37)39-35(29(7-3)8-4)31-23-21-22-30(28-31)34-32(25-26-36-34)38-27-20-12-10-6-2/h7-8,22,25,31,35H,3,5-6,9-21,23-24,26-28H2,1-2,4H3/b29-8+. The van der Waals surface area contributed by atoms with Gasteiger partial charge in [0.25, 0.3) is 0 Å². The van der Waals surface area contributed by atoms with E-state index in [2.05, 4.69) is 32.6 Å². The maximum atomic E-state index is 12.9. The summed E-state index contributed by atoms with van der Waals surface area (Å²) < 4.78 is 12.3. The lowest BCUT2D eigenvalue weighted by atomic mass is 9.80. The Bertz CT molecular complexity index is 835. The van der Waals surface area contributed by atoms with Gasteiger partial charge < -0.3 is 9.47 Å². The molecule has 0 aromatic carbocycles. The molecule has 0 saturated heterocycles. The smallest absolute Gasteiger partial charge is 0.306 e. The van der Waals surface area contributed by atoms with E-state index in [9.17, 15) is 4.79 Å². The first kappa shape index (κ1) is 33.1. The van der Waals surface area contributed by atoms with Crippen LogP contribution in [0.4, 0.5) is 0 Å². The Morgan fingerprint density at radius 3 is 2.26 bits per heavy atom. The monoisotopic (exact) mass is 539 g/mol.